The first-order valence-electron chi connectivity index (χ1n) is 10.3. The van der Waals surface area contributed by atoms with E-state index in [1.807, 2.05) is 19.1 Å². The summed E-state index contributed by atoms with van der Waals surface area (Å²) in [5.74, 6) is 1.78. The summed E-state index contributed by atoms with van der Waals surface area (Å²) in [6.45, 7) is 5.13. The lowest BCUT2D eigenvalue weighted by Gasteiger charge is -2.32. The molecule has 0 spiro atoms. The highest BCUT2D eigenvalue weighted by Crippen LogP contribution is 2.12. The number of carbonyl (C=O) groups excluding carboxylic acids is 1. The molecule has 9 heteroatoms. The third-order valence-corrected chi connectivity index (χ3v) is 5.75. The van der Waals surface area contributed by atoms with Gasteiger partial charge in [0.2, 0.25) is 0 Å². The molecule has 0 atom stereocenters. The number of aliphatic imine (C=N–C) groups is 1. The maximum absolute atomic E-state index is 11.9. The van der Waals surface area contributed by atoms with Gasteiger partial charge in [-0.2, -0.15) is 0 Å². The lowest BCUT2D eigenvalue weighted by molar-refractivity contribution is 0.0963. The van der Waals surface area contributed by atoms with Crippen molar-refractivity contribution in [3.05, 3.63) is 46.5 Å². The van der Waals surface area contributed by atoms with E-state index in [2.05, 4.69) is 28.1 Å². The number of guanidine groups is 1. The number of rotatable bonds is 8. The maximum atomic E-state index is 11.9. The van der Waals surface area contributed by atoms with Gasteiger partial charge < -0.3 is 24.7 Å². The predicted molar refractivity (Wildman–Crippen MR) is 131 cm³/mol. The van der Waals surface area contributed by atoms with Gasteiger partial charge in [-0.1, -0.05) is 6.07 Å². The first-order valence-corrected chi connectivity index (χ1v) is 11.1. The van der Waals surface area contributed by atoms with Gasteiger partial charge in [-0.25, -0.2) is 4.79 Å². The minimum Gasteiger partial charge on any atom is -0.469 e. The number of halogens is 1. The molecule has 2 aromatic heterocycles. The summed E-state index contributed by atoms with van der Waals surface area (Å²) >= 11 is 1.76. The number of thiophene rings is 1. The monoisotopic (exact) mass is 546 g/mol. The average Bonchev–Trinajstić information content (AvgIpc) is 3.43. The molecule has 0 aliphatic carbocycles. The molecular formula is C21H31IN4O3S. The summed E-state index contributed by atoms with van der Waals surface area (Å²) in [4.78, 5) is 19.8. The highest BCUT2D eigenvalue weighted by molar-refractivity contribution is 14.0. The van der Waals surface area contributed by atoms with E-state index in [-0.39, 0.29) is 36.1 Å². The SMILES string of the molecule is CCOC(=O)N1CCC(NC(=NCCc2cccs2)NCCc2ccco2)CC1.I. The Labute approximate surface area is 199 Å². The standard InChI is InChI=1S/C21H30N4O3S.HI/c1-2-27-21(26)25-13-9-17(10-14-25)24-20(22-11-7-18-5-3-15-28-18)23-12-8-19-6-4-16-29-19;/h3-6,15-17H,2,7-14H2,1H3,(H2,22,23,24);1H. The lowest BCUT2D eigenvalue weighted by Crippen LogP contribution is -2.50. The fourth-order valence-corrected chi connectivity index (χ4v) is 3.96. The zero-order valence-electron chi connectivity index (χ0n) is 17.3. The summed E-state index contributed by atoms with van der Waals surface area (Å²) < 4.78 is 10.5. The molecule has 2 aromatic rings. The molecule has 0 unspecified atom stereocenters. The molecule has 3 heterocycles. The van der Waals surface area contributed by atoms with Gasteiger partial charge in [0.1, 0.15) is 5.76 Å². The molecule has 1 fully saturated rings. The molecule has 0 bridgehead atoms. The van der Waals surface area contributed by atoms with Crippen LogP contribution in [0.3, 0.4) is 0 Å². The van der Waals surface area contributed by atoms with Crippen LogP contribution in [0.5, 0.6) is 0 Å². The van der Waals surface area contributed by atoms with E-state index in [0.717, 1.165) is 50.5 Å². The third-order valence-electron chi connectivity index (χ3n) is 4.81. The number of furan rings is 1. The molecule has 0 radical (unpaired) electrons. The second-order valence-corrected chi connectivity index (χ2v) is 7.95. The van der Waals surface area contributed by atoms with Crippen molar-refractivity contribution >= 4 is 47.4 Å². The number of hydrogen-bond acceptors (Lipinski definition) is 5. The van der Waals surface area contributed by atoms with Crippen molar-refractivity contribution in [2.45, 2.75) is 38.6 Å². The van der Waals surface area contributed by atoms with Crippen molar-refractivity contribution in [1.82, 2.24) is 15.5 Å². The van der Waals surface area contributed by atoms with Crippen molar-refractivity contribution in [2.24, 2.45) is 4.99 Å². The molecule has 0 aromatic carbocycles. The summed E-state index contributed by atoms with van der Waals surface area (Å²) in [5.41, 5.74) is 0. The Kier molecular flexibility index (Phi) is 11.1. The zero-order valence-corrected chi connectivity index (χ0v) is 20.5. The highest BCUT2D eigenvalue weighted by atomic mass is 127. The van der Waals surface area contributed by atoms with Crippen molar-refractivity contribution in [3.63, 3.8) is 0 Å². The smallest absolute Gasteiger partial charge is 0.409 e. The Bertz CT molecular complexity index is 744. The van der Waals surface area contributed by atoms with E-state index in [9.17, 15) is 4.79 Å². The van der Waals surface area contributed by atoms with Gasteiger partial charge in [-0.15, -0.1) is 35.3 Å². The summed E-state index contributed by atoms with van der Waals surface area (Å²) in [6, 6.07) is 8.39. The van der Waals surface area contributed by atoms with Gasteiger partial charge in [0.25, 0.3) is 0 Å². The van der Waals surface area contributed by atoms with Crippen LogP contribution in [0.1, 0.15) is 30.4 Å². The lowest BCUT2D eigenvalue weighted by atomic mass is 10.1. The van der Waals surface area contributed by atoms with Crippen LogP contribution >= 0.6 is 35.3 Å². The number of piperidine rings is 1. The molecule has 3 rings (SSSR count). The second-order valence-electron chi connectivity index (χ2n) is 6.92. The average molecular weight is 546 g/mol. The van der Waals surface area contributed by atoms with Gasteiger partial charge in [0.15, 0.2) is 5.96 Å². The Morgan fingerprint density at radius 1 is 1.30 bits per heavy atom. The Morgan fingerprint density at radius 3 is 2.80 bits per heavy atom. The fraction of sp³-hybridized carbons (Fsp3) is 0.524. The van der Waals surface area contributed by atoms with Crippen LogP contribution in [0.25, 0.3) is 0 Å². The Balaban J connectivity index is 0.00000320. The van der Waals surface area contributed by atoms with E-state index in [4.69, 9.17) is 14.1 Å². The number of likely N-dealkylation sites (tertiary alicyclic amines) is 1. The van der Waals surface area contributed by atoms with Crippen molar-refractivity contribution in [3.8, 4) is 0 Å². The minimum absolute atomic E-state index is 0. The summed E-state index contributed by atoms with van der Waals surface area (Å²) in [7, 11) is 0. The van der Waals surface area contributed by atoms with Crippen LogP contribution in [0.4, 0.5) is 4.79 Å². The molecule has 166 valence electrons. The zero-order chi connectivity index (χ0) is 20.3. The molecule has 30 heavy (non-hydrogen) atoms. The van der Waals surface area contributed by atoms with Crippen LogP contribution < -0.4 is 10.6 Å². The topological polar surface area (TPSA) is 79.1 Å². The van der Waals surface area contributed by atoms with Gasteiger partial charge in [0, 0.05) is 49.9 Å². The molecule has 1 saturated heterocycles. The van der Waals surface area contributed by atoms with E-state index >= 15 is 0 Å². The van der Waals surface area contributed by atoms with Gasteiger partial charge in [0.05, 0.1) is 12.9 Å². The van der Waals surface area contributed by atoms with Crippen molar-refractivity contribution in [2.75, 3.05) is 32.8 Å². The Hall–Kier alpha value is -1.75. The largest absolute Gasteiger partial charge is 0.469 e. The molecule has 2 N–H and O–H groups in total. The Morgan fingerprint density at radius 2 is 2.13 bits per heavy atom. The predicted octanol–water partition coefficient (Wildman–Crippen LogP) is 3.90. The maximum Gasteiger partial charge on any atom is 0.409 e. The number of nitrogens with zero attached hydrogens (tertiary/aromatic N) is 2. The van der Waals surface area contributed by atoms with Crippen LogP contribution in [0, 0.1) is 0 Å². The van der Waals surface area contributed by atoms with E-state index in [0.29, 0.717) is 19.7 Å². The number of hydrogen-bond donors (Lipinski definition) is 2. The molecular weight excluding hydrogens is 515 g/mol. The summed E-state index contributed by atoms with van der Waals surface area (Å²) in [6.07, 6.45) is 4.98. The second kappa shape index (κ2) is 13.5. The third kappa shape index (κ3) is 8.17. The number of ether oxygens (including phenoxy) is 1. The van der Waals surface area contributed by atoms with Crippen LogP contribution in [-0.4, -0.2) is 55.8 Å². The number of amides is 1. The quantitative estimate of drug-likeness (QED) is 0.299. The number of carbonyl (C=O) groups is 1. The fourth-order valence-electron chi connectivity index (χ4n) is 3.26. The van der Waals surface area contributed by atoms with E-state index < -0.39 is 0 Å². The summed E-state index contributed by atoms with van der Waals surface area (Å²) in [5, 5.41) is 9.05. The van der Waals surface area contributed by atoms with E-state index in [1.165, 1.54) is 4.88 Å². The van der Waals surface area contributed by atoms with Gasteiger partial charge in [-0.3, -0.25) is 4.99 Å². The van der Waals surface area contributed by atoms with E-state index in [1.54, 1.807) is 22.5 Å². The number of nitrogens with one attached hydrogen (secondary N) is 2. The molecule has 1 aliphatic heterocycles. The van der Waals surface area contributed by atoms with Crippen molar-refractivity contribution < 1.29 is 13.9 Å². The minimum atomic E-state index is -0.215. The highest BCUT2D eigenvalue weighted by Gasteiger charge is 2.24. The molecule has 0 saturated carbocycles. The van der Waals surface area contributed by atoms with Crippen LogP contribution in [-0.2, 0) is 17.6 Å². The van der Waals surface area contributed by atoms with Crippen LogP contribution in [0.15, 0.2) is 45.3 Å². The van der Waals surface area contributed by atoms with Crippen LogP contribution in [0.2, 0.25) is 0 Å². The van der Waals surface area contributed by atoms with Crippen molar-refractivity contribution in [1.29, 1.82) is 0 Å². The normalized spacial score (nSPS) is 14.8. The first-order chi connectivity index (χ1) is 14.2. The molecule has 1 amide bonds. The van der Waals surface area contributed by atoms with Gasteiger partial charge in [-0.05, 0) is 43.3 Å². The van der Waals surface area contributed by atoms with Gasteiger partial charge >= 0.3 is 6.09 Å². The molecule has 1 aliphatic rings. The first kappa shape index (κ1) is 24.5. The molecule has 7 nitrogen and oxygen atoms in total.